The molecule has 7 heteroatoms. The van der Waals surface area contributed by atoms with E-state index < -0.39 is 5.91 Å². The van der Waals surface area contributed by atoms with Crippen molar-refractivity contribution in [2.45, 2.75) is 0 Å². The average Bonchev–Trinajstić information content (AvgIpc) is 3.25. The van der Waals surface area contributed by atoms with Gasteiger partial charge in [-0.1, -0.05) is 0 Å². The number of hydrogen-bond acceptors (Lipinski definition) is 4. The van der Waals surface area contributed by atoms with Crippen LogP contribution >= 0.6 is 0 Å². The first-order valence-electron chi connectivity index (χ1n) is 7.10. The summed E-state index contributed by atoms with van der Waals surface area (Å²) in [5.41, 5.74) is 6.74. The summed E-state index contributed by atoms with van der Waals surface area (Å²) in [6, 6.07) is 12.0. The van der Waals surface area contributed by atoms with E-state index in [1.54, 1.807) is 48.7 Å². The molecule has 0 spiro atoms. The largest absolute Gasteiger partial charge is 0.465 e. The van der Waals surface area contributed by atoms with Crippen molar-refractivity contribution in [3.05, 3.63) is 72.5 Å². The van der Waals surface area contributed by atoms with Gasteiger partial charge in [0.2, 0.25) is 5.91 Å². The zero-order chi connectivity index (χ0) is 16.9. The molecular weight excluding hydrogens is 308 g/mol. The van der Waals surface area contributed by atoms with Crippen LogP contribution in [0.4, 0.5) is 5.69 Å². The third-order valence-corrected chi connectivity index (χ3v) is 3.18. The SMILES string of the molecule is NC(=O)c1ccn(-c2ccc(NC(=O)/C=C/c3ccco3)cc2)n1. The number of nitrogens with two attached hydrogens (primary N) is 1. The maximum Gasteiger partial charge on any atom is 0.269 e. The van der Waals surface area contributed by atoms with Gasteiger partial charge in [-0.15, -0.1) is 0 Å². The molecule has 2 heterocycles. The number of primary amides is 1. The van der Waals surface area contributed by atoms with Crippen molar-refractivity contribution in [1.29, 1.82) is 0 Å². The molecule has 0 saturated carbocycles. The van der Waals surface area contributed by atoms with Crippen molar-refractivity contribution in [2.75, 3.05) is 5.32 Å². The first kappa shape index (κ1) is 15.3. The molecule has 2 aromatic heterocycles. The lowest BCUT2D eigenvalue weighted by Gasteiger charge is -2.05. The van der Waals surface area contributed by atoms with Crippen molar-refractivity contribution in [2.24, 2.45) is 5.73 Å². The summed E-state index contributed by atoms with van der Waals surface area (Å²) >= 11 is 0. The lowest BCUT2D eigenvalue weighted by atomic mass is 10.2. The van der Waals surface area contributed by atoms with Gasteiger partial charge in [-0.05, 0) is 48.5 Å². The summed E-state index contributed by atoms with van der Waals surface area (Å²) in [5.74, 6) is -0.250. The number of aromatic nitrogens is 2. The van der Waals surface area contributed by atoms with Crippen LogP contribution in [0.1, 0.15) is 16.2 Å². The van der Waals surface area contributed by atoms with Gasteiger partial charge in [-0.2, -0.15) is 5.10 Å². The fourth-order valence-corrected chi connectivity index (χ4v) is 2.02. The monoisotopic (exact) mass is 322 g/mol. The molecule has 0 saturated heterocycles. The molecule has 24 heavy (non-hydrogen) atoms. The van der Waals surface area contributed by atoms with E-state index in [-0.39, 0.29) is 11.6 Å². The maximum absolute atomic E-state index is 11.8. The highest BCUT2D eigenvalue weighted by molar-refractivity contribution is 6.01. The van der Waals surface area contributed by atoms with E-state index in [0.29, 0.717) is 11.4 Å². The Bertz CT molecular complexity index is 877. The quantitative estimate of drug-likeness (QED) is 0.703. The molecule has 0 bridgehead atoms. The van der Waals surface area contributed by atoms with E-state index in [1.807, 2.05) is 0 Å². The zero-order valence-electron chi connectivity index (χ0n) is 12.5. The summed E-state index contributed by atoms with van der Waals surface area (Å²) in [6.45, 7) is 0. The molecule has 3 N–H and O–H groups in total. The van der Waals surface area contributed by atoms with Crippen LogP contribution < -0.4 is 11.1 Å². The first-order valence-corrected chi connectivity index (χ1v) is 7.10. The molecule has 0 atom stereocenters. The summed E-state index contributed by atoms with van der Waals surface area (Å²) in [6.07, 6.45) is 6.15. The summed E-state index contributed by atoms with van der Waals surface area (Å²) in [7, 11) is 0. The van der Waals surface area contributed by atoms with Gasteiger partial charge in [0.25, 0.3) is 5.91 Å². The van der Waals surface area contributed by atoms with Crippen LogP contribution in [0.25, 0.3) is 11.8 Å². The van der Waals surface area contributed by atoms with Crippen molar-refractivity contribution in [3.8, 4) is 5.69 Å². The second kappa shape index (κ2) is 6.66. The molecule has 0 fully saturated rings. The third-order valence-electron chi connectivity index (χ3n) is 3.18. The summed E-state index contributed by atoms with van der Waals surface area (Å²) in [4.78, 5) is 22.9. The standard InChI is InChI=1S/C17H14N4O3/c18-17(23)15-9-10-21(20-15)13-5-3-12(4-6-13)19-16(22)8-7-14-2-1-11-24-14/h1-11H,(H2,18,23)(H,19,22)/b8-7+. The van der Waals surface area contributed by atoms with Crippen molar-refractivity contribution in [1.82, 2.24) is 9.78 Å². The minimum Gasteiger partial charge on any atom is -0.465 e. The number of hydrogen-bond donors (Lipinski definition) is 2. The number of carbonyl (C=O) groups excluding carboxylic acids is 2. The predicted octanol–water partition coefficient (Wildman–Crippen LogP) is 2.22. The van der Waals surface area contributed by atoms with Crippen LogP contribution in [-0.4, -0.2) is 21.6 Å². The van der Waals surface area contributed by atoms with Gasteiger partial charge in [0, 0.05) is 18.0 Å². The highest BCUT2D eigenvalue weighted by atomic mass is 16.3. The molecule has 120 valence electrons. The van der Waals surface area contributed by atoms with E-state index in [2.05, 4.69) is 10.4 Å². The van der Waals surface area contributed by atoms with Gasteiger partial charge in [-0.3, -0.25) is 9.59 Å². The van der Waals surface area contributed by atoms with Crippen molar-refractivity contribution >= 4 is 23.6 Å². The maximum atomic E-state index is 11.8. The topological polar surface area (TPSA) is 103 Å². The normalized spacial score (nSPS) is 10.8. The lowest BCUT2D eigenvalue weighted by Crippen LogP contribution is -2.12. The third kappa shape index (κ3) is 3.58. The van der Waals surface area contributed by atoms with Crippen LogP contribution in [-0.2, 0) is 4.79 Å². The number of nitrogens with zero attached hydrogens (tertiary/aromatic N) is 2. The number of nitrogens with one attached hydrogen (secondary N) is 1. The second-order valence-corrected chi connectivity index (χ2v) is 4.89. The molecule has 7 nitrogen and oxygen atoms in total. The molecule has 2 amide bonds. The molecule has 1 aromatic carbocycles. The van der Waals surface area contributed by atoms with Gasteiger partial charge >= 0.3 is 0 Å². The Morgan fingerprint density at radius 1 is 1.17 bits per heavy atom. The van der Waals surface area contributed by atoms with Crippen molar-refractivity contribution in [3.63, 3.8) is 0 Å². The number of rotatable bonds is 5. The number of anilines is 1. The van der Waals surface area contributed by atoms with Crippen molar-refractivity contribution < 1.29 is 14.0 Å². The zero-order valence-corrected chi connectivity index (χ0v) is 12.5. The second-order valence-electron chi connectivity index (χ2n) is 4.89. The molecular formula is C17H14N4O3. The van der Waals surface area contributed by atoms with E-state index in [4.69, 9.17) is 10.2 Å². The number of carbonyl (C=O) groups is 2. The minimum absolute atomic E-state index is 0.190. The number of amides is 2. The van der Waals surface area contributed by atoms with Crippen LogP contribution in [0, 0.1) is 0 Å². The smallest absolute Gasteiger partial charge is 0.269 e. The van der Waals surface area contributed by atoms with E-state index in [9.17, 15) is 9.59 Å². The Hall–Kier alpha value is -3.61. The minimum atomic E-state index is -0.582. The van der Waals surface area contributed by atoms with Crippen LogP contribution in [0.15, 0.2) is 65.4 Å². The molecule has 3 rings (SSSR count). The van der Waals surface area contributed by atoms with Gasteiger partial charge in [0.1, 0.15) is 11.5 Å². The average molecular weight is 322 g/mol. The van der Waals surface area contributed by atoms with Gasteiger partial charge < -0.3 is 15.5 Å². The Kier molecular flexibility index (Phi) is 4.24. The number of benzene rings is 1. The molecule has 0 aliphatic heterocycles. The Balaban J connectivity index is 1.65. The molecule has 0 aliphatic carbocycles. The van der Waals surface area contributed by atoms with E-state index in [0.717, 1.165) is 5.69 Å². The first-order chi connectivity index (χ1) is 11.6. The Labute approximate surface area is 137 Å². The lowest BCUT2D eigenvalue weighted by molar-refractivity contribution is -0.111. The van der Waals surface area contributed by atoms with E-state index in [1.165, 1.54) is 23.1 Å². The van der Waals surface area contributed by atoms with Gasteiger partial charge in [-0.25, -0.2) is 4.68 Å². The molecule has 0 unspecified atom stereocenters. The fourth-order valence-electron chi connectivity index (χ4n) is 2.02. The fraction of sp³-hybridized carbons (Fsp3) is 0. The molecule has 0 aliphatic rings. The van der Waals surface area contributed by atoms with Crippen LogP contribution in [0.2, 0.25) is 0 Å². The predicted molar refractivity (Wildman–Crippen MR) is 88.5 cm³/mol. The number of furan rings is 1. The Morgan fingerprint density at radius 3 is 2.58 bits per heavy atom. The highest BCUT2D eigenvalue weighted by Crippen LogP contribution is 2.13. The summed E-state index contributed by atoms with van der Waals surface area (Å²) in [5, 5.41) is 6.80. The van der Waals surface area contributed by atoms with Gasteiger partial charge in [0.05, 0.1) is 12.0 Å². The van der Waals surface area contributed by atoms with Gasteiger partial charge in [0.15, 0.2) is 0 Å². The van der Waals surface area contributed by atoms with E-state index >= 15 is 0 Å². The Morgan fingerprint density at radius 2 is 1.96 bits per heavy atom. The summed E-state index contributed by atoms with van der Waals surface area (Å²) < 4.78 is 6.64. The van der Waals surface area contributed by atoms with Crippen LogP contribution in [0.3, 0.4) is 0 Å². The molecule has 3 aromatic rings. The molecule has 0 radical (unpaired) electrons. The highest BCUT2D eigenvalue weighted by Gasteiger charge is 2.06. The van der Waals surface area contributed by atoms with Crippen LogP contribution in [0.5, 0.6) is 0 Å².